The monoisotopic (exact) mass is 663 g/mol. The lowest BCUT2D eigenvalue weighted by atomic mass is 10.1. The molecule has 4 rings (SSSR count). The van der Waals surface area contributed by atoms with E-state index in [-0.39, 0.29) is 27.9 Å². The summed E-state index contributed by atoms with van der Waals surface area (Å²) in [5.74, 6) is -2.48. The normalized spacial score (nSPS) is 11.0. The molecular formula is C31H23BrClN3O5S. The van der Waals surface area contributed by atoms with E-state index in [1.165, 1.54) is 30.0 Å². The van der Waals surface area contributed by atoms with Gasteiger partial charge in [0.2, 0.25) is 5.91 Å². The lowest BCUT2D eigenvalue weighted by Crippen LogP contribution is -2.30. The smallest absolute Gasteiger partial charge is 0.337 e. The number of aromatic carboxylic acids is 1. The first-order chi connectivity index (χ1) is 20.2. The molecule has 0 heterocycles. The van der Waals surface area contributed by atoms with Crippen LogP contribution in [0, 0.1) is 0 Å². The molecule has 212 valence electrons. The number of thioether (sulfide) groups is 1. The first kappa shape index (κ1) is 30.6. The van der Waals surface area contributed by atoms with Crippen LogP contribution in [0.5, 0.6) is 0 Å². The molecule has 0 saturated carbocycles. The topological polar surface area (TPSA) is 125 Å². The second-order valence-corrected chi connectivity index (χ2v) is 11.1. The Hall–Kier alpha value is -4.38. The number of hydrogen-bond acceptors (Lipinski definition) is 5. The first-order valence-electron chi connectivity index (χ1n) is 12.4. The predicted molar refractivity (Wildman–Crippen MR) is 169 cm³/mol. The number of anilines is 2. The Bertz CT molecular complexity index is 1680. The number of halogens is 2. The highest BCUT2D eigenvalue weighted by molar-refractivity contribution is 9.10. The van der Waals surface area contributed by atoms with Crippen LogP contribution in [0.4, 0.5) is 11.4 Å². The fourth-order valence-corrected chi connectivity index (χ4v) is 5.05. The zero-order chi connectivity index (χ0) is 30.1. The lowest BCUT2D eigenvalue weighted by Gasteiger charge is -2.12. The number of carboxylic acids is 1. The van der Waals surface area contributed by atoms with Crippen LogP contribution >= 0.6 is 39.3 Å². The average molecular weight is 665 g/mol. The van der Waals surface area contributed by atoms with Gasteiger partial charge < -0.3 is 21.1 Å². The third-order valence-corrected chi connectivity index (χ3v) is 7.45. The number of hydrogen-bond donors (Lipinski definition) is 4. The first-order valence-corrected chi connectivity index (χ1v) is 14.5. The molecule has 0 spiro atoms. The van der Waals surface area contributed by atoms with Gasteiger partial charge in [0.15, 0.2) is 0 Å². The zero-order valence-electron chi connectivity index (χ0n) is 21.8. The van der Waals surface area contributed by atoms with Crippen molar-refractivity contribution in [3.8, 4) is 0 Å². The Morgan fingerprint density at radius 3 is 2.31 bits per heavy atom. The van der Waals surface area contributed by atoms with Gasteiger partial charge in [0.1, 0.15) is 5.70 Å². The lowest BCUT2D eigenvalue weighted by molar-refractivity contribution is -0.114. The van der Waals surface area contributed by atoms with Crippen LogP contribution < -0.4 is 16.0 Å². The highest BCUT2D eigenvalue weighted by Crippen LogP contribution is 2.24. The van der Waals surface area contributed by atoms with Gasteiger partial charge in [-0.25, -0.2) is 4.79 Å². The Balaban J connectivity index is 1.44. The van der Waals surface area contributed by atoms with Crippen molar-refractivity contribution in [1.82, 2.24) is 5.32 Å². The Kier molecular flexibility index (Phi) is 10.6. The SMILES string of the molecule is O=C(CSc1cccc(NC(=O)/C(=C\c2cccc(Br)c2)NC(=O)c2ccccc2)c1)Nc1ccc(Cl)c(C(=O)O)c1. The molecule has 3 amide bonds. The fourth-order valence-electron chi connectivity index (χ4n) is 3.68. The molecule has 0 aliphatic carbocycles. The van der Waals surface area contributed by atoms with Crippen molar-refractivity contribution in [2.75, 3.05) is 16.4 Å². The van der Waals surface area contributed by atoms with E-state index in [9.17, 15) is 24.3 Å². The molecule has 8 nitrogen and oxygen atoms in total. The van der Waals surface area contributed by atoms with Crippen molar-refractivity contribution in [2.45, 2.75) is 4.90 Å². The summed E-state index contributed by atoms with van der Waals surface area (Å²) in [7, 11) is 0. The zero-order valence-corrected chi connectivity index (χ0v) is 24.9. The summed E-state index contributed by atoms with van der Waals surface area (Å²) in [5.41, 5.74) is 1.81. The van der Waals surface area contributed by atoms with Crippen LogP contribution in [-0.2, 0) is 9.59 Å². The third kappa shape index (κ3) is 8.81. The van der Waals surface area contributed by atoms with Gasteiger partial charge in [-0.3, -0.25) is 14.4 Å². The molecule has 0 atom stereocenters. The van der Waals surface area contributed by atoms with Crippen molar-refractivity contribution < 1.29 is 24.3 Å². The minimum absolute atomic E-state index is 0.0314. The molecule has 0 unspecified atom stereocenters. The van der Waals surface area contributed by atoms with Crippen molar-refractivity contribution in [1.29, 1.82) is 0 Å². The molecule has 42 heavy (non-hydrogen) atoms. The van der Waals surface area contributed by atoms with Crippen molar-refractivity contribution in [3.63, 3.8) is 0 Å². The van der Waals surface area contributed by atoms with E-state index in [1.807, 2.05) is 24.3 Å². The Morgan fingerprint density at radius 1 is 0.833 bits per heavy atom. The second kappa shape index (κ2) is 14.5. The van der Waals surface area contributed by atoms with E-state index in [2.05, 4.69) is 31.9 Å². The maximum Gasteiger partial charge on any atom is 0.337 e. The largest absolute Gasteiger partial charge is 0.478 e. The summed E-state index contributed by atoms with van der Waals surface area (Å²) in [4.78, 5) is 50.7. The van der Waals surface area contributed by atoms with Gasteiger partial charge in [-0.15, -0.1) is 11.8 Å². The summed E-state index contributed by atoms with van der Waals surface area (Å²) in [5, 5.41) is 17.5. The maximum atomic E-state index is 13.3. The Labute approximate surface area is 259 Å². The molecule has 0 saturated heterocycles. The summed E-state index contributed by atoms with van der Waals surface area (Å²) in [6.45, 7) is 0. The summed E-state index contributed by atoms with van der Waals surface area (Å²) in [6, 6.07) is 27.0. The number of benzene rings is 4. The van der Waals surface area contributed by atoms with Crippen LogP contribution in [0.3, 0.4) is 0 Å². The van der Waals surface area contributed by atoms with E-state index < -0.39 is 17.8 Å². The van der Waals surface area contributed by atoms with Gasteiger partial charge in [-0.2, -0.15) is 0 Å². The number of carbonyl (C=O) groups is 4. The molecular weight excluding hydrogens is 642 g/mol. The van der Waals surface area contributed by atoms with Crippen LogP contribution in [0.25, 0.3) is 6.08 Å². The molecule has 0 aliphatic rings. The van der Waals surface area contributed by atoms with E-state index in [4.69, 9.17) is 11.6 Å². The number of nitrogens with one attached hydrogen (secondary N) is 3. The molecule has 0 fully saturated rings. The highest BCUT2D eigenvalue weighted by Gasteiger charge is 2.16. The molecule has 4 N–H and O–H groups in total. The van der Waals surface area contributed by atoms with E-state index >= 15 is 0 Å². The maximum absolute atomic E-state index is 13.3. The fraction of sp³-hybridized carbons (Fsp3) is 0.0323. The van der Waals surface area contributed by atoms with Crippen molar-refractivity contribution >= 4 is 80.4 Å². The molecule has 11 heteroatoms. The van der Waals surface area contributed by atoms with Gasteiger partial charge in [0.05, 0.1) is 16.3 Å². The van der Waals surface area contributed by atoms with Gasteiger partial charge in [0, 0.05) is 26.3 Å². The van der Waals surface area contributed by atoms with Crippen LogP contribution in [-0.4, -0.2) is 34.6 Å². The van der Waals surface area contributed by atoms with Crippen LogP contribution in [0.2, 0.25) is 5.02 Å². The van der Waals surface area contributed by atoms with Crippen molar-refractivity contribution in [3.05, 3.63) is 129 Å². The van der Waals surface area contributed by atoms with Gasteiger partial charge in [-0.05, 0) is 72.3 Å². The molecule has 0 aromatic heterocycles. The van der Waals surface area contributed by atoms with E-state index in [1.54, 1.807) is 60.7 Å². The minimum Gasteiger partial charge on any atom is -0.478 e. The molecule has 4 aromatic carbocycles. The number of rotatable bonds is 10. The predicted octanol–water partition coefficient (Wildman–Crippen LogP) is 6.94. The van der Waals surface area contributed by atoms with Crippen LogP contribution in [0.15, 0.2) is 112 Å². The van der Waals surface area contributed by atoms with Gasteiger partial charge >= 0.3 is 5.97 Å². The van der Waals surface area contributed by atoms with E-state index in [0.717, 1.165) is 4.47 Å². The third-order valence-electron chi connectivity index (χ3n) is 5.63. The quantitative estimate of drug-likeness (QED) is 0.108. The second-order valence-electron chi connectivity index (χ2n) is 8.75. The molecule has 4 aromatic rings. The number of carbonyl (C=O) groups excluding carboxylic acids is 3. The van der Waals surface area contributed by atoms with E-state index in [0.29, 0.717) is 27.4 Å². The number of carboxylic acid groups (broad SMARTS) is 1. The average Bonchev–Trinajstić information content (AvgIpc) is 2.97. The van der Waals surface area contributed by atoms with Gasteiger partial charge in [0.25, 0.3) is 11.8 Å². The summed E-state index contributed by atoms with van der Waals surface area (Å²) in [6.07, 6.45) is 1.58. The molecule has 0 bridgehead atoms. The van der Waals surface area contributed by atoms with Gasteiger partial charge in [-0.1, -0.05) is 63.9 Å². The summed E-state index contributed by atoms with van der Waals surface area (Å²) >= 11 is 10.5. The minimum atomic E-state index is -1.20. The summed E-state index contributed by atoms with van der Waals surface area (Å²) < 4.78 is 0.817. The van der Waals surface area contributed by atoms with Crippen LogP contribution in [0.1, 0.15) is 26.3 Å². The van der Waals surface area contributed by atoms with Crippen molar-refractivity contribution in [2.24, 2.45) is 0 Å². The Morgan fingerprint density at radius 2 is 1.57 bits per heavy atom. The number of amides is 3. The highest BCUT2D eigenvalue weighted by atomic mass is 79.9. The molecule has 0 aliphatic heterocycles. The standard InChI is InChI=1S/C31H23BrClN3O5S/c32-21-9-4-6-19(14-21)15-27(36-29(38)20-7-2-1-3-8-20)30(39)35-22-10-5-11-24(16-22)42-18-28(37)34-23-12-13-26(33)25(17-23)31(40)41/h1-17H,18H2,(H,34,37)(H,35,39)(H,36,38)(H,40,41)/b27-15+. The molecule has 0 radical (unpaired) electrons.